The number of halogens is 1. The average Bonchev–Trinajstić information content (AvgIpc) is 2.84. The predicted octanol–water partition coefficient (Wildman–Crippen LogP) is 5.51. The number of carboxylic acids is 1. The fourth-order valence-electron chi connectivity index (χ4n) is 3.22. The maximum absolute atomic E-state index is 12.3. The fraction of sp³-hybridized carbons (Fsp3) is 0.148. The van der Waals surface area contributed by atoms with Crippen molar-refractivity contribution in [3.8, 4) is 11.5 Å². The summed E-state index contributed by atoms with van der Waals surface area (Å²) >= 11 is 5.86. The molecule has 0 aliphatic heterocycles. The van der Waals surface area contributed by atoms with Crippen LogP contribution in [0.1, 0.15) is 44.3 Å². The summed E-state index contributed by atoms with van der Waals surface area (Å²) in [7, 11) is 0. The number of hydrogen-bond acceptors (Lipinski definition) is 5. The van der Waals surface area contributed by atoms with Crippen LogP contribution >= 0.6 is 11.6 Å². The number of hydrazone groups is 1. The highest BCUT2D eigenvalue weighted by Crippen LogP contribution is 2.34. The van der Waals surface area contributed by atoms with Crippen LogP contribution in [0.4, 0.5) is 0 Å². The number of rotatable bonds is 11. The molecule has 0 spiro atoms. The van der Waals surface area contributed by atoms with E-state index in [4.69, 9.17) is 26.2 Å². The van der Waals surface area contributed by atoms with Crippen molar-refractivity contribution in [2.24, 2.45) is 5.10 Å². The van der Waals surface area contributed by atoms with Gasteiger partial charge in [-0.3, -0.25) is 4.79 Å². The van der Waals surface area contributed by atoms with Gasteiger partial charge in [-0.15, -0.1) is 6.58 Å². The van der Waals surface area contributed by atoms with E-state index in [2.05, 4.69) is 17.1 Å². The van der Waals surface area contributed by atoms with Crippen LogP contribution in [0.5, 0.6) is 11.5 Å². The Morgan fingerprint density at radius 2 is 1.74 bits per heavy atom. The van der Waals surface area contributed by atoms with Crippen molar-refractivity contribution in [3.05, 3.63) is 106 Å². The monoisotopic (exact) mass is 492 g/mol. The minimum atomic E-state index is -0.981. The molecule has 3 aromatic carbocycles. The molecule has 0 saturated carbocycles. The van der Waals surface area contributed by atoms with Gasteiger partial charge < -0.3 is 14.6 Å². The molecular formula is C27H25ClN2O5. The molecular weight excluding hydrogens is 468 g/mol. The van der Waals surface area contributed by atoms with Gasteiger partial charge >= 0.3 is 5.97 Å². The van der Waals surface area contributed by atoms with Gasteiger partial charge in [0.05, 0.1) is 18.4 Å². The van der Waals surface area contributed by atoms with Gasteiger partial charge in [0.2, 0.25) is 0 Å². The molecule has 0 radical (unpaired) electrons. The van der Waals surface area contributed by atoms with E-state index < -0.39 is 5.97 Å². The number of amides is 1. The summed E-state index contributed by atoms with van der Waals surface area (Å²) in [5.41, 5.74) is 5.50. The molecule has 0 unspecified atom stereocenters. The van der Waals surface area contributed by atoms with Crippen LogP contribution in [0.2, 0.25) is 5.02 Å². The Bertz CT molecular complexity index is 1220. The third-order valence-electron chi connectivity index (χ3n) is 4.89. The molecule has 0 atom stereocenters. The Balaban J connectivity index is 1.79. The van der Waals surface area contributed by atoms with Gasteiger partial charge in [0.15, 0.2) is 11.5 Å². The first-order valence-corrected chi connectivity index (χ1v) is 11.2. The number of nitrogens with one attached hydrogen (secondary N) is 1. The van der Waals surface area contributed by atoms with Crippen molar-refractivity contribution < 1.29 is 24.2 Å². The number of carbonyl (C=O) groups excluding carboxylic acids is 1. The summed E-state index contributed by atoms with van der Waals surface area (Å²) in [5.74, 6) is -0.245. The number of hydrogen-bond donors (Lipinski definition) is 2. The van der Waals surface area contributed by atoms with Crippen molar-refractivity contribution >= 4 is 29.7 Å². The van der Waals surface area contributed by atoms with E-state index in [1.54, 1.807) is 48.5 Å². The topological polar surface area (TPSA) is 97.2 Å². The maximum atomic E-state index is 12.3. The zero-order valence-corrected chi connectivity index (χ0v) is 19.9. The molecule has 7 nitrogen and oxygen atoms in total. The Morgan fingerprint density at radius 1 is 1.06 bits per heavy atom. The van der Waals surface area contributed by atoms with Gasteiger partial charge in [0.1, 0.15) is 6.61 Å². The first kappa shape index (κ1) is 25.5. The lowest BCUT2D eigenvalue weighted by molar-refractivity contribution is 0.0696. The zero-order valence-electron chi connectivity index (χ0n) is 19.2. The minimum absolute atomic E-state index is 0.211. The van der Waals surface area contributed by atoms with Crippen molar-refractivity contribution in [2.45, 2.75) is 20.0 Å². The third kappa shape index (κ3) is 7.19. The second-order valence-corrected chi connectivity index (χ2v) is 7.87. The van der Waals surface area contributed by atoms with Crippen LogP contribution in [0.25, 0.3) is 0 Å². The molecule has 8 heteroatoms. The molecule has 0 aromatic heterocycles. The van der Waals surface area contributed by atoms with Crippen LogP contribution in [-0.2, 0) is 13.0 Å². The number of benzene rings is 3. The van der Waals surface area contributed by atoms with Gasteiger partial charge in [0, 0.05) is 16.1 Å². The number of carboxylic acid groups (broad SMARTS) is 1. The number of ether oxygens (including phenoxy) is 2. The molecule has 0 fully saturated rings. The molecule has 0 saturated heterocycles. The third-order valence-corrected chi connectivity index (χ3v) is 5.14. The molecule has 0 bridgehead atoms. The van der Waals surface area contributed by atoms with Crippen LogP contribution in [0.3, 0.4) is 0 Å². The summed E-state index contributed by atoms with van der Waals surface area (Å²) in [4.78, 5) is 23.3. The average molecular weight is 493 g/mol. The van der Waals surface area contributed by atoms with Crippen LogP contribution < -0.4 is 14.9 Å². The van der Waals surface area contributed by atoms with E-state index in [1.165, 1.54) is 18.3 Å². The number of aromatic carboxylic acids is 1. The highest BCUT2D eigenvalue weighted by molar-refractivity contribution is 6.30. The molecule has 2 N–H and O–H groups in total. The molecule has 0 aliphatic carbocycles. The van der Waals surface area contributed by atoms with Gasteiger partial charge in [0.25, 0.3) is 5.91 Å². The Kier molecular flexibility index (Phi) is 9.03. The number of carbonyl (C=O) groups is 2. The van der Waals surface area contributed by atoms with E-state index in [0.717, 1.165) is 11.1 Å². The summed E-state index contributed by atoms with van der Waals surface area (Å²) in [5, 5.41) is 13.7. The van der Waals surface area contributed by atoms with Gasteiger partial charge in [-0.2, -0.15) is 5.10 Å². The number of allylic oxidation sites excluding steroid dienone is 1. The summed E-state index contributed by atoms with van der Waals surface area (Å²) < 4.78 is 11.9. The van der Waals surface area contributed by atoms with Crippen LogP contribution in [0, 0.1) is 0 Å². The maximum Gasteiger partial charge on any atom is 0.335 e. The quantitative estimate of drug-likeness (QED) is 0.209. The Hall–Kier alpha value is -4.10. The first-order chi connectivity index (χ1) is 16.9. The summed E-state index contributed by atoms with van der Waals surface area (Å²) in [6.45, 7) is 6.34. The van der Waals surface area contributed by atoms with E-state index >= 15 is 0 Å². The van der Waals surface area contributed by atoms with Crippen molar-refractivity contribution in [3.63, 3.8) is 0 Å². The number of nitrogens with zero attached hydrogens (tertiary/aromatic N) is 1. The predicted molar refractivity (Wildman–Crippen MR) is 136 cm³/mol. The Morgan fingerprint density at radius 3 is 2.37 bits per heavy atom. The lowest BCUT2D eigenvalue weighted by Gasteiger charge is -2.17. The molecule has 35 heavy (non-hydrogen) atoms. The minimum Gasteiger partial charge on any atom is -0.490 e. The van der Waals surface area contributed by atoms with Crippen molar-refractivity contribution in [1.29, 1.82) is 0 Å². The fourth-order valence-corrected chi connectivity index (χ4v) is 3.35. The van der Waals surface area contributed by atoms with Crippen molar-refractivity contribution in [1.82, 2.24) is 5.43 Å². The lowest BCUT2D eigenvalue weighted by Crippen LogP contribution is -2.17. The molecule has 0 aliphatic rings. The Labute approximate surface area is 208 Å². The largest absolute Gasteiger partial charge is 0.490 e. The summed E-state index contributed by atoms with van der Waals surface area (Å²) in [6, 6.07) is 16.6. The van der Waals surface area contributed by atoms with Gasteiger partial charge in [-0.05, 0) is 73.0 Å². The first-order valence-electron chi connectivity index (χ1n) is 10.9. The highest BCUT2D eigenvalue weighted by atomic mass is 35.5. The SMILES string of the molecule is C=CCc1cc(/C=N\NC(=O)c2ccc(Cl)cc2)cc(OCC)c1OCc1ccc(C(=O)O)cc1. The highest BCUT2D eigenvalue weighted by Gasteiger charge is 2.14. The second kappa shape index (κ2) is 12.4. The van der Waals surface area contributed by atoms with E-state index in [-0.39, 0.29) is 18.1 Å². The normalized spacial score (nSPS) is 10.7. The lowest BCUT2D eigenvalue weighted by atomic mass is 10.1. The van der Waals surface area contributed by atoms with Crippen molar-refractivity contribution in [2.75, 3.05) is 6.61 Å². The van der Waals surface area contributed by atoms with Gasteiger partial charge in [-0.25, -0.2) is 10.2 Å². The standard InChI is InChI=1S/C27H25ClN2O5/c1-3-5-22-14-19(16-29-30-26(31)20-10-12-23(28)13-11-20)15-24(34-4-2)25(22)35-17-18-6-8-21(9-7-18)27(32)33/h3,6-16H,1,4-5,17H2,2H3,(H,30,31)(H,32,33)/b29-16-. The molecule has 1 amide bonds. The van der Waals surface area contributed by atoms with Crippen LogP contribution in [-0.4, -0.2) is 29.8 Å². The van der Waals surface area contributed by atoms with E-state index in [1.807, 2.05) is 13.0 Å². The summed E-state index contributed by atoms with van der Waals surface area (Å²) in [6.07, 6.45) is 3.80. The van der Waals surface area contributed by atoms with E-state index in [9.17, 15) is 9.59 Å². The van der Waals surface area contributed by atoms with E-state index in [0.29, 0.717) is 40.7 Å². The molecule has 3 aromatic rings. The second-order valence-electron chi connectivity index (χ2n) is 7.43. The van der Waals surface area contributed by atoms with Gasteiger partial charge in [-0.1, -0.05) is 29.8 Å². The van der Waals surface area contributed by atoms with Crippen LogP contribution in [0.15, 0.2) is 78.4 Å². The smallest absolute Gasteiger partial charge is 0.335 e. The molecule has 0 heterocycles. The molecule has 3 rings (SSSR count). The molecule has 180 valence electrons. The zero-order chi connectivity index (χ0) is 25.2.